The Labute approximate surface area is 90.1 Å². The predicted molar refractivity (Wildman–Crippen MR) is 57.6 cm³/mol. The van der Waals surface area contributed by atoms with Crippen LogP contribution in [0.4, 0.5) is 0 Å². The highest BCUT2D eigenvalue weighted by atomic mass is 16.5. The van der Waals surface area contributed by atoms with Crippen molar-refractivity contribution in [3.05, 3.63) is 22.8 Å². The zero-order valence-corrected chi connectivity index (χ0v) is 9.50. The van der Waals surface area contributed by atoms with Crippen LogP contribution in [0.15, 0.2) is 0 Å². The molecule has 1 unspecified atom stereocenters. The third-order valence-corrected chi connectivity index (χ3v) is 2.88. The van der Waals surface area contributed by atoms with E-state index in [0.717, 1.165) is 36.7 Å². The summed E-state index contributed by atoms with van der Waals surface area (Å²) >= 11 is 0. The van der Waals surface area contributed by atoms with E-state index in [1.54, 1.807) is 7.11 Å². The van der Waals surface area contributed by atoms with Gasteiger partial charge in [-0.25, -0.2) is 9.97 Å². The fraction of sp³-hybridized carbons (Fsp3) is 0.636. The second-order valence-electron chi connectivity index (χ2n) is 3.90. The van der Waals surface area contributed by atoms with Crippen molar-refractivity contribution in [3.8, 4) is 0 Å². The van der Waals surface area contributed by atoms with Crippen LogP contribution in [0.1, 0.15) is 35.8 Å². The second-order valence-corrected chi connectivity index (χ2v) is 3.90. The normalized spacial score (nSPS) is 17.3. The number of hydrogen-bond acceptors (Lipinski definition) is 4. The molecule has 0 fully saturated rings. The van der Waals surface area contributed by atoms with Gasteiger partial charge in [-0.1, -0.05) is 0 Å². The molecule has 0 saturated heterocycles. The van der Waals surface area contributed by atoms with Crippen LogP contribution in [-0.2, 0) is 17.7 Å². The van der Waals surface area contributed by atoms with E-state index >= 15 is 0 Å². The lowest BCUT2D eigenvalue weighted by Crippen LogP contribution is -2.27. The first-order valence-corrected chi connectivity index (χ1v) is 5.32. The number of aromatic nitrogens is 2. The molecule has 1 aromatic heterocycles. The van der Waals surface area contributed by atoms with Crippen LogP contribution in [0.3, 0.4) is 0 Å². The topological polar surface area (TPSA) is 47.0 Å². The standard InChI is InChI=1S/C11H17N3O/c1-7-9-4-5-12-6-10(9)14-11(13-7)8(2)15-3/h8,12H,4-6H2,1-3H3. The van der Waals surface area contributed by atoms with Gasteiger partial charge in [0.15, 0.2) is 5.82 Å². The van der Waals surface area contributed by atoms with Crippen LogP contribution in [0.5, 0.6) is 0 Å². The summed E-state index contributed by atoms with van der Waals surface area (Å²) in [6.45, 7) is 5.90. The fourth-order valence-corrected chi connectivity index (χ4v) is 1.86. The maximum absolute atomic E-state index is 5.24. The molecule has 0 radical (unpaired) electrons. The van der Waals surface area contributed by atoms with Gasteiger partial charge in [0, 0.05) is 19.3 Å². The Morgan fingerprint density at radius 1 is 1.40 bits per heavy atom. The van der Waals surface area contributed by atoms with E-state index in [0.29, 0.717) is 0 Å². The minimum atomic E-state index is -0.0315. The summed E-state index contributed by atoms with van der Waals surface area (Å²) in [7, 11) is 1.68. The number of methoxy groups -OCH3 is 1. The SMILES string of the molecule is COC(C)c1nc(C)c2c(n1)CNCC2. The number of nitrogens with zero attached hydrogens (tertiary/aromatic N) is 2. The molecule has 2 rings (SSSR count). The number of nitrogens with one attached hydrogen (secondary N) is 1. The number of ether oxygens (including phenoxy) is 1. The lowest BCUT2D eigenvalue weighted by Gasteiger charge is -2.19. The Morgan fingerprint density at radius 3 is 2.93 bits per heavy atom. The number of hydrogen-bond donors (Lipinski definition) is 1. The molecule has 4 nitrogen and oxygen atoms in total. The van der Waals surface area contributed by atoms with Gasteiger partial charge in [0.2, 0.25) is 0 Å². The zero-order valence-electron chi connectivity index (χ0n) is 9.50. The first kappa shape index (κ1) is 10.5. The minimum Gasteiger partial charge on any atom is -0.374 e. The molecule has 15 heavy (non-hydrogen) atoms. The summed E-state index contributed by atoms with van der Waals surface area (Å²) in [5.74, 6) is 0.789. The number of rotatable bonds is 2. The van der Waals surface area contributed by atoms with Crippen molar-refractivity contribution >= 4 is 0 Å². The van der Waals surface area contributed by atoms with Crippen LogP contribution in [0.2, 0.25) is 0 Å². The van der Waals surface area contributed by atoms with E-state index in [4.69, 9.17) is 4.74 Å². The van der Waals surface area contributed by atoms with Crippen LogP contribution < -0.4 is 5.32 Å². The quantitative estimate of drug-likeness (QED) is 0.790. The highest BCUT2D eigenvalue weighted by molar-refractivity contribution is 5.27. The molecule has 0 saturated carbocycles. The average Bonchev–Trinajstić information content (AvgIpc) is 2.28. The lowest BCUT2D eigenvalue weighted by atomic mass is 10.0. The van der Waals surface area contributed by atoms with Crippen molar-refractivity contribution in [2.45, 2.75) is 32.9 Å². The zero-order chi connectivity index (χ0) is 10.8. The van der Waals surface area contributed by atoms with Gasteiger partial charge in [-0.05, 0) is 32.4 Å². The van der Waals surface area contributed by atoms with E-state index in [1.165, 1.54) is 5.56 Å². The third kappa shape index (κ3) is 2.01. The van der Waals surface area contributed by atoms with E-state index in [9.17, 15) is 0 Å². The summed E-state index contributed by atoms with van der Waals surface area (Å²) in [5, 5.41) is 3.32. The maximum atomic E-state index is 5.24. The van der Waals surface area contributed by atoms with E-state index < -0.39 is 0 Å². The van der Waals surface area contributed by atoms with Gasteiger partial charge in [-0.3, -0.25) is 0 Å². The van der Waals surface area contributed by atoms with Crippen LogP contribution in [0.25, 0.3) is 0 Å². The van der Waals surface area contributed by atoms with E-state index in [1.807, 2.05) is 6.92 Å². The molecular formula is C11H17N3O. The van der Waals surface area contributed by atoms with Crippen molar-refractivity contribution in [2.24, 2.45) is 0 Å². The van der Waals surface area contributed by atoms with Crippen molar-refractivity contribution in [1.29, 1.82) is 0 Å². The van der Waals surface area contributed by atoms with Crippen LogP contribution in [0, 0.1) is 6.92 Å². The summed E-state index contributed by atoms with van der Waals surface area (Å²) in [6.07, 6.45) is 0.999. The fourth-order valence-electron chi connectivity index (χ4n) is 1.86. The van der Waals surface area contributed by atoms with Gasteiger partial charge in [0.1, 0.15) is 6.10 Å². The summed E-state index contributed by atoms with van der Waals surface area (Å²) < 4.78 is 5.24. The second kappa shape index (κ2) is 4.24. The monoisotopic (exact) mass is 207 g/mol. The number of aryl methyl sites for hydroxylation is 1. The third-order valence-electron chi connectivity index (χ3n) is 2.88. The summed E-state index contributed by atoms with van der Waals surface area (Å²) in [5.41, 5.74) is 3.54. The largest absolute Gasteiger partial charge is 0.374 e. The predicted octanol–water partition coefficient (Wildman–Crippen LogP) is 1.14. The van der Waals surface area contributed by atoms with E-state index in [-0.39, 0.29) is 6.10 Å². The maximum Gasteiger partial charge on any atom is 0.157 e. The smallest absolute Gasteiger partial charge is 0.157 e. The summed E-state index contributed by atoms with van der Waals surface area (Å²) in [4.78, 5) is 9.04. The van der Waals surface area contributed by atoms with Gasteiger partial charge in [0.25, 0.3) is 0 Å². The molecule has 1 aliphatic rings. The van der Waals surface area contributed by atoms with Crippen LogP contribution in [-0.4, -0.2) is 23.6 Å². The Morgan fingerprint density at radius 2 is 2.20 bits per heavy atom. The molecule has 0 aliphatic carbocycles. The molecule has 1 atom stereocenters. The summed E-state index contributed by atoms with van der Waals surface area (Å²) in [6, 6.07) is 0. The molecule has 82 valence electrons. The van der Waals surface area contributed by atoms with Crippen molar-refractivity contribution < 1.29 is 4.74 Å². The Hall–Kier alpha value is -1.00. The van der Waals surface area contributed by atoms with Crippen LogP contribution >= 0.6 is 0 Å². The molecule has 2 heterocycles. The van der Waals surface area contributed by atoms with Gasteiger partial charge in [0.05, 0.1) is 5.69 Å². The highest BCUT2D eigenvalue weighted by Gasteiger charge is 2.17. The molecule has 0 aromatic carbocycles. The van der Waals surface area contributed by atoms with Gasteiger partial charge >= 0.3 is 0 Å². The number of fused-ring (bicyclic) bond motifs is 1. The van der Waals surface area contributed by atoms with Gasteiger partial charge in [-0.15, -0.1) is 0 Å². The van der Waals surface area contributed by atoms with Gasteiger partial charge < -0.3 is 10.1 Å². The average molecular weight is 207 g/mol. The highest BCUT2D eigenvalue weighted by Crippen LogP contribution is 2.18. The Balaban J connectivity index is 2.40. The van der Waals surface area contributed by atoms with Crippen molar-refractivity contribution in [2.75, 3.05) is 13.7 Å². The molecule has 0 bridgehead atoms. The molecule has 0 amide bonds. The van der Waals surface area contributed by atoms with Crippen molar-refractivity contribution in [1.82, 2.24) is 15.3 Å². The molecule has 1 aliphatic heterocycles. The Kier molecular flexibility index (Phi) is 2.98. The molecule has 4 heteroatoms. The first-order valence-electron chi connectivity index (χ1n) is 5.32. The van der Waals surface area contributed by atoms with E-state index in [2.05, 4.69) is 22.2 Å². The van der Waals surface area contributed by atoms with Gasteiger partial charge in [-0.2, -0.15) is 0 Å². The molecular weight excluding hydrogens is 190 g/mol. The Bertz CT molecular complexity index is 365. The minimum absolute atomic E-state index is 0.0315. The molecule has 1 aromatic rings. The van der Waals surface area contributed by atoms with Crippen molar-refractivity contribution in [3.63, 3.8) is 0 Å². The lowest BCUT2D eigenvalue weighted by molar-refractivity contribution is 0.111. The molecule has 1 N–H and O–H groups in total. The molecule has 0 spiro atoms. The first-order chi connectivity index (χ1) is 7.22.